The molecule has 0 saturated heterocycles. The van der Waals surface area contributed by atoms with Gasteiger partial charge in [0, 0.05) is 12.7 Å². The van der Waals surface area contributed by atoms with Crippen molar-refractivity contribution >= 4 is 26.5 Å². The van der Waals surface area contributed by atoms with Crippen LogP contribution in [0.15, 0.2) is 71.6 Å². The largest absolute Gasteiger partial charge is 0.350 e. The Hall–Kier alpha value is -2.66. The van der Waals surface area contributed by atoms with Crippen LogP contribution in [0.25, 0.3) is 10.8 Å². The van der Waals surface area contributed by atoms with Gasteiger partial charge in [-0.2, -0.15) is 0 Å². The summed E-state index contributed by atoms with van der Waals surface area (Å²) in [6.07, 6.45) is 2.26. The molecule has 3 aromatic carbocycles. The molecule has 0 radical (unpaired) electrons. The molecule has 3 aromatic rings. The highest BCUT2D eigenvalue weighted by Gasteiger charge is 2.12. The van der Waals surface area contributed by atoms with Crippen molar-refractivity contribution in [1.82, 2.24) is 5.32 Å². The molecule has 0 aliphatic heterocycles. The van der Waals surface area contributed by atoms with Crippen molar-refractivity contribution in [3.63, 3.8) is 0 Å². The van der Waals surface area contributed by atoms with E-state index in [1.165, 1.54) is 17.0 Å². The first-order valence-corrected chi connectivity index (χ1v) is 10.8. The molecule has 3 rings (SSSR count). The second kappa shape index (κ2) is 7.92. The van der Waals surface area contributed by atoms with Gasteiger partial charge >= 0.3 is 0 Å². The van der Waals surface area contributed by atoms with Crippen LogP contribution in [0, 0.1) is 0 Å². The predicted octanol–water partition coefficient (Wildman–Crippen LogP) is 4.05. The quantitative estimate of drug-likeness (QED) is 0.700. The minimum atomic E-state index is -3.21. The molecule has 0 aliphatic carbocycles. The number of carbonyl (C=O) groups excluding carboxylic acids is 1. The first-order valence-electron chi connectivity index (χ1n) is 8.90. The highest BCUT2D eigenvalue weighted by atomic mass is 32.2. The zero-order valence-corrected chi connectivity index (χ0v) is 16.3. The van der Waals surface area contributed by atoms with E-state index in [1.807, 2.05) is 19.1 Å². The van der Waals surface area contributed by atoms with E-state index in [2.05, 4.69) is 35.6 Å². The maximum atomic E-state index is 12.3. The van der Waals surface area contributed by atoms with Gasteiger partial charge in [-0.25, -0.2) is 8.42 Å². The van der Waals surface area contributed by atoms with Gasteiger partial charge in [0.2, 0.25) is 5.91 Å². The highest BCUT2D eigenvalue weighted by molar-refractivity contribution is 7.90. The molecule has 0 spiro atoms. The van der Waals surface area contributed by atoms with Crippen LogP contribution in [-0.2, 0) is 21.1 Å². The Labute approximate surface area is 160 Å². The van der Waals surface area contributed by atoms with E-state index in [4.69, 9.17) is 0 Å². The molecular weight excluding hydrogens is 358 g/mol. The van der Waals surface area contributed by atoms with Crippen LogP contribution in [0.5, 0.6) is 0 Å². The molecule has 4 nitrogen and oxygen atoms in total. The normalized spacial score (nSPS) is 12.7. The van der Waals surface area contributed by atoms with Gasteiger partial charge in [-0.3, -0.25) is 4.79 Å². The third-order valence-electron chi connectivity index (χ3n) is 4.64. The summed E-state index contributed by atoms with van der Waals surface area (Å²) in [7, 11) is -3.21. The fourth-order valence-corrected chi connectivity index (χ4v) is 3.68. The average Bonchev–Trinajstić information content (AvgIpc) is 2.65. The molecule has 5 heteroatoms. The molecule has 0 heterocycles. The van der Waals surface area contributed by atoms with Crippen molar-refractivity contribution in [2.75, 3.05) is 6.26 Å². The van der Waals surface area contributed by atoms with Crippen LogP contribution in [-0.4, -0.2) is 20.6 Å². The summed E-state index contributed by atoms with van der Waals surface area (Å²) in [5, 5.41) is 5.34. The van der Waals surface area contributed by atoms with Gasteiger partial charge in [0.25, 0.3) is 0 Å². The summed E-state index contributed by atoms with van der Waals surface area (Å²) in [5.41, 5.74) is 2.01. The number of sulfone groups is 1. The number of nitrogens with one attached hydrogen (secondary N) is 1. The topological polar surface area (TPSA) is 63.2 Å². The monoisotopic (exact) mass is 381 g/mol. The molecule has 0 aromatic heterocycles. The van der Waals surface area contributed by atoms with Gasteiger partial charge in [-0.15, -0.1) is 0 Å². The summed E-state index contributed by atoms with van der Waals surface area (Å²) in [5.74, 6) is -0.0251. The number of benzene rings is 3. The lowest BCUT2D eigenvalue weighted by atomic mass is 10.0. The third-order valence-corrected chi connectivity index (χ3v) is 5.77. The van der Waals surface area contributed by atoms with Crippen LogP contribution >= 0.6 is 0 Å². The Balaban J connectivity index is 1.58. The first kappa shape index (κ1) is 19.1. The molecule has 0 aliphatic rings. The molecule has 1 atom stereocenters. The number of rotatable bonds is 6. The molecule has 27 heavy (non-hydrogen) atoms. The lowest BCUT2D eigenvalue weighted by molar-refractivity contribution is -0.121. The van der Waals surface area contributed by atoms with Gasteiger partial charge in [0.15, 0.2) is 9.84 Å². The zero-order valence-electron chi connectivity index (χ0n) is 15.5. The van der Waals surface area contributed by atoms with Gasteiger partial charge in [-0.05, 0) is 47.4 Å². The maximum Gasteiger partial charge on any atom is 0.220 e. The lowest BCUT2D eigenvalue weighted by Gasteiger charge is -2.15. The van der Waals surface area contributed by atoms with Gasteiger partial charge < -0.3 is 5.32 Å². The minimum Gasteiger partial charge on any atom is -0.350 e. The third kappa shape index (κ3) is 4.95. The summed E-state index contributed by atoms with van der Waals surface area (Å²) in [6, 6.07) is 20.9. The van der Waals surface area contributed by atoms with Crippen molar-refractivity contribution in [1.29, 1.82) is 0 Å². The number of hydrogen-bond acceptors (Lipinski definition) is 3. The lowest BCUT2D eigenvalue weighted by Crippen LogP contribution is -2.26. The zero-order chi connectivity index (χ0) is 19.4. The number of amides is 1. The van der Waals surface area contributed by atoms with E-state index in [-0.39, 0.29) is 16.8 Å². The summed E-state index contributed by atoms with van der Waals surface area (Å²) in [6.45, 7) is 1.89. The Morgan fingerprint density at radius 1 is 0.963 bits per heavy atom. The Bertz CT molecular complexity index is 1060. The Kier molecular flexibility index (Phi) is 5.61. The fraction of sp³-hybridized carbons (Fsp3) is 0.227. The van der Waals surface area contributed by atoms with Crippen molar-refractivity contribution in [2.45, 2.75) is 30.7 Å². The summed E-state index contributed by atoms with van der Waals surface area (Å²) < 4.78 is 23.0. The van der Waals surface area contributed by atoms with E-state index in [0.717, 1.165) is 11.1 Å². The molecule has 1 N–H and O–H groups in total. The van der Waals surface area contributed by atoms with Gasteiger partial charge in [0.05, 0.1) is 10.9 Å². The van der Waals surface area contributed by atoms with Gasteiger partial charge in [0.1, 0.15) is 0 Å². The molecule has 0 bridgehead atoms. The Morgan fingerprint density at radius 3 is 2.30 bits per heavy atom. The fourth-order valence-electron chi connectivity index (χ4n) is 3.05. The molecular formula is C22H23NO3S. The maximum absolute atomic E-state index is 12.3. The van der Waals surface area contributed by atoms with Crippen molar-refractivity contribution in [3.8, 4) is 0 Å². The molecule has 0 saturated carbocycles. The van der Waals surface area contributed by atoms with Crippen LogP contribution < -0.4 is 5.32 Å². The summed E-state index contributed by atoms with van der Waals surface area (Å²) >= 11 is 0. The molecule has 1 unspecified atom stereocenters. The standard InChI is InChI=1S/C22H23NO3S/c1-16(18-10-12-21(13-11-18)27(2,25)26)23-22(24)14-8-17-7-9-19-5-3-4-6-20(19)15-17/h3-7,9-13,15-16H,8,14H2,1-2H3,(H,23,24). The van der Waals surface area contributed by atoms with E-state index in [9.17, 15) is 13.2 Å². The average molecular weight is 381 g/mol. The van der Waals surface area contributed by atoms with Gasteiger partial charge in [-0.1, -0.05) is 54.6 Å². The first-order chi connectivity index (χ1) is 12.8. The highest BCUT2D eigenvalue weighted by Crippen LogP contribution is 2.18. The molecule has 140 valence electrons. The van der Waals surface area contributed by atoms with E-state index in [1.54, 1.807) is 24.3 Å². The number of fused-ring (bicyclic) bond motifs is 1. The van der Waals surface area contributed by atoms with Crippen molar-refractivity contribution < 1.29 is 13.2 Å². The second-order valence-electron chi connectivity index (χ2n) is 6.81. The van der Waals surface area contributed by atoms with E-state index >= 15 is 0 Å². The molecule has 1 amide bonds. The number of aryl methyl sites for hydroxylation is 1. The summed E-state index contributed by atoms with van der Waals surface area (Å²) in [4.78, 5) is 12.6. The van der Waals surface area contributed by atoms with Crippen molar-refractivity contribution in [2.24, 2.45) is 0 Å². The van der Waals surface area contributed by atoms with Crippen LogP contribution in [0.1, 0.15) is 30.5 Å². The van der Waals surface area contributed by atoms with E-state index < -0.39 is 9.84 Å². The van der Waals surface area contributed by atoms with E-state index in [0.29, 0.717) is 12.8 Å². The Morgan fingerprint density at radius 2 is 1.63 bits per heavy atom. The number of hydrogen-bond donors (Lipinski definition) is 1. The number of carbonyl (C=O) groups is 1. The predicted molar refractivity (Wildman–Crippen MR) is 108 cm³/mol. The van der Waals surface area contributed by atoms with Crippen molar-refractivity contribution in [3.05, 3.63) is 77.9 Å². The van der Waals surface area contributed by atoms with Crippen LogP contribution in [0.4, 0.5) is 0 Å². The van der Waals surface area contributed by atoms with Crippen LogP contribution in [0.3, 0.4) is 0 Å². The SMILES string of the molecule is CC(NC(=O)CCc1ccc2ccccc2c1)c1ccc(S(C)(=O)=O)cc1. The van der Waals surface area contributed by atoms with Crippen LogP contribution in [0.2, 0.25) is 0 Å². The molecule has 0 fully saturated rings. The smallest absolute Gasteiger partial charge is 0.220 e. The second-order valence-corrected chi connectivity index (χ2v) is 8.83. The minimum absolute atomic E-state index is 0.0251.